The van der Waals surface area contributed by atoms with E-state index in [9.17, 15) is 0 Å². The third-order valence-corrected chi connectivity index (χ3v) is 21.7. The number of hydrogen-bond donors (Lipinski definition) is 0. The number of rotatable bonds is 10. The maximum absolute atomic E-state index is 7.98. The van der Waals surface area contributed by atoms with Crippen molar-refractivity contribution in [1.82, 2.24) is 0 Å². The monoisotopic (exact) mass is 1090 g/mol. The molecule has 11 aromatic rings. The fourth-order valence-corrected chi connectivity index (χ4v) is 17.5. The number of hydrogen-bond acceptors (Lipinski definition) is 5. The molecule has 0 atom stereocenters. The molecule has 0 amide bonds. The second kappa shape index (κ2) is 20.0. The van der Waals surface area contributed by atoms with Crippen molar-refractivity contribution in [3.63, 3.8) is 0 Å². The Morgan fingerprint density at radius 3 is 1.37 bits per heavy atom. The summed E-state index contributed by atoms with van der Waals surface area (Å²) in [5.41, 5.74) is 16.5. The average molecular weight is 1090 g/mol. The minimum atomic E-state index is -3.53. The van der Waals surface area contributed by atoms with Crippen LogP contribution >= 0.6 is 11.3 Å². The Morgan fingerprint density at radius 2 is 0.864 bits per heavy atom. The van der Waals surface area contributed by atoms with E-state index in [1.165, 1.54) is 48.2 Å². The maximum Gasteiger partial charge on any atom is 0.347 e. The lowest BCUT2D eigenvalue weighted by atomic mass is 9.36. The fourth-order valence-electron chi connectivity index (χ4n) is 12.3. The van der Waals surface area contributed by atoms with E-state index in [1.807, 2.05) is 11.3 Å². The molecule has 4 nitrogen and oxygen atoms in total. The molecule has 0 unspecified atom stereocenters. The van der Waals surface area contributed by atoms with Crippen LogP contribution in [0.25, 0.3) is 10.1 Å². The quantitative estimate of drug-likeness (QED) is 0.100. The van der Waals surface area contributed by atoms with Gasteiger partial charge in [-0.2, -0.15) is 0 Å². The Morgan fingerprint density at radius 1 is 0.407 bits per heavy atom. The third kappa shape index (κ3) is 9.17. The molecule has 0 bridgehead atoms. The number of para-hydroxylation sites is 3. The highest BCUT2D eigenvalue weighted by Gasteiger charge is 2.50. The molecule has 2 aliphatic heterocycles. The van der Waals surface area contributed by atoms with Crippen LogP contribution in [0.3, 0.4) is 0 Å². The van der Waals surface area contributed by atoms with Gasteiger partial charge in [-0.1, -0.05) is 214 Å². The lowest BCUT2D eigenvalue weighted by molar-refractivity contribution is 0.577. The van der Waals surface area contributed by atoms with Crippen LogP contribution in [0.1, 0.15) is 79.0 Å². The van der Waals surface area contributed by atoms with Gasteiger partial charge in [-0.25, -0.2) is 0 Å². The number of anilines is 9. The summed E-state index contributed by atoms with van der Waals surface area (Å²) in [6, 6.07) is 92.7. The van der Waals surface area contributed by atoms with Crippen molar-refractivity contribution in [1.29, 1.82) is 0 Å². The molecule has 2 aliphatic rings. The highest BCUT2D eigenvalue weighted by atomic mass is 32.1. The van der Waals surface area contributed by atoms with E-state index < -0.39 is 8.32 Å². The topological polar surface area (TPSA) is 19.0 Å². The summed E-state index contributed by atoms with van der Waals surface area (Å²) >= 11 is 1.95. The first kappa shape index (κ1) is 52.0. The smallest absolute Gasteiger partial charge is 0.347 e. The van der Waals surface area contributed by atoms with E-state index >= 15 is 0 Å². The molecule has 0 spiro atoms. The largest absolute Gasteiger partial charge is 0.530 e. The molecule has 13 rings (SSSR count). The molecule has 0 N–H and O–H groups in total. The number of nitrogens with zero attached hydrogens (tertiary/aromatic N) is 3. The number of benzene rings is 10. The molecule has 398 valence electrons. The highest BCUT2D eigenvalue weighted by Crippen LogP contribution is 2.50. The van der Waals surface area contributed by atoms with Crippen LogP contribution < -0.4 is 50.4 Å². The number of fused-ring (bicyclic) bond motifs is 6. The summed E-state index contributed by atoms with van der Waals surface area (Å²) in [6.07, 6.45) is 0. The van der Waals surface area contributed by atoms with Crippen LogP contribution in [0.2, 0.25) is 0 Å². The van der Waals surface area contributed by atoms with Gasteiger partial charge in [0.2, 0.25) is 0 Å². The minimum Gasteiger partial charge on any atom is -0.530 e. The van der Waals surface area contributed by atoms with Gasteiger partial charge in [0.1, 0.15) is 5.75 Å². The predicted molar refractivity (Wildman–Crippen MR) is 351 cm³/mol. The Bertz CT molecular complexity index is 4000. The van der Waals surface area contributed by atoms with Crippen LogP contribution in [0.5, 0.6) is 5.75 Å². The molecule has 81 heavy (non-hydrogen) atoms. The summed E-state index contributed by atoms with van der Waals surface area (Å²) in [4.78, 5) is 7.63. The van der Waals surface area contributed by atoms with Crippen LogP contribution in [0, 0.1) is 0 Å². The molecular weight excluding hydrogens is 1020 g/mol. The van der Waals surface area contributed by atoms with Crippen molar-refractivity contribution in [3.05, 3.63) is 265 Å². The predicted octanol–water partition coefficient (Wildman–Crippen LogP) is 16.4. The number of thiophene rings is 1. The minimum absolute atomic E-state index is 0.0278. The van der Waals surface area contributed by atoms with Crippen LogP contribution in [-0.2, 0) is 16.2 Å². The molecule has 10 aromatic carbocycles. The van der Waals surface area contributed by atoms with E-state index in [4.69, 9.17) is 4.43 Å². The molecule has 0 radical (unpaired) electrons. The van der Waals surface area contributed by atoms with E-state index in [-0.39, 0.29) is 23.0 Å². The zero-order valence-electron chi connectivity index (χ0n) is 47.9. The van der Waals surface area contributed by atoms with Crippen molar-refractivity contribution in [2.75, 3.05) is 14.7 Å². The highest BCUT2D eigenvalue weighted by molar-refractivity contribution is 7.33. The molecule has 0 saturated heterocycles. The molecule has 1 aromatic heterocycles. The van der Waals surface area contributed by atoms with Gasteiger partial charge in [0.05, 0.1) is 5.69 Å². The summed E-state index contributed by atoms with van der Waals surface area (Å²) in [6.45, 7) is 20.7. The second-order valence-corrected chi connectivity index (χ2v) is 29.4. The lowest BCUT2D eigenvalue weighted by Gasteiger charge is -2.45. The van der Waals surface area contributed by atoms with Crippen molar-refractivity contribution >= 4 is 119 Å². The SMILES string of the molecule is CC(C)(C)c1ccc(N2c3cc(N(c4ccccc4)c4ccccc4)ccc3B3c4sc5ccc(C(C)(C)C)cc5c4N(c4ccc(C(C)(C)C)cc4)c4cc([Si](Oc5ccccc5)(c5ccccc5)c5ccccc5)cc2c43)cc1. The molecule has 3 heterocycles. The van der Waals surface area contributed by atoms with E-state index in [1.54, 1.807) is 0 Å². The summed E-state index contributed by atoms with van der Waals surface area (Å²) in [5, 5.41) is 4.75. The van der Waals surface area contributed by atoms with Crippen LogP contribution in [0.15, 0.2) is 249 Å². The Hall–Kier alpha value is -8.36. The second-order valence-electron chi connectivity index (χ2n) is 25.0. The van der Waals surface area contributed by atoms with Crippen LogP contribution in [-0.4, -0.2) is 15.0 Å². The van der Waals surface area contributed by atoms with Gasteiger partial charge in [0.25, 0.3) is 6.71 Å². The average Bonchev–Trinajstić information content (AvgIpc) is 3.42. The normalized spacial score (nSPS) is 13.2. The van der Waals surface area contributed by atoms with Gasteiger partial charge < -0.3 is 19.1 Å². The zero-order chi connectivity index (χ0) is 55.8. The summed E-state index contributed by atoms with van der Waals surface area (Å²) < 4.78 is 10.6. The van der Waals surface area contributed by atoms with Gasteiger partial charge in [-0.3, -0.25) is 0 Å². The first-order valence-corrected chi connectivity index (χ1v) is 31.2. The fraction of sp³-hybridized carbons (Fsp3) is 0.162. The van der Waals surface area contributed by atoms with Crippen molar-refractivity contribution in [3.8, 4) is 5.75 Å². The maximum atomic E-state index is 7.98. The third-order valence-electron chi connectivity index (χ3n) is 16.6. The van der Waals surface area contributed by atoms with Gasteiger partial charge in [0, 0.05) is 60.4 Å². The van der Waals surface area contributed by atoms with Crippen molar-refractivity contribution in [2.45, 2.75) is 78.6 Å². The van der Waals surface area contributed by atoms with E-state index in [0.717, 1.165) is 66.8 Å². The van der Waals surface area contributed by atoms with E-state index in [2.05, 4.69) is 326 Å². The Balaban J connectivity index is 1.20. The molecular formula is C74H68BN3OSSi. The summed E-state index contributed by atoms with van der Waals surface area (Å²) in [5.74, 6) is 0.836. The van der Waals surface area contributed by atoms with Crippen LogP contribution in [0.4, 0.5) is 51.2 Å². The summed E-state index contributed by atoms with van der Waals surface area (Å²) in [7, 11) is -3.53. The molecule has 7 heteroatoms. The lowest BCUT2D eigenvalue weighted by Crippen LogP contribution is -2.72. The molecule has 0 aliphatic carbocycles. The van der Waals surface area contributed by atoms with E-state index in [0.29, 0.717) is 0 Å². The Kier molecular flexibility index (Phi) is 12.9. The van der Waals surface area contributed by atoms with Crippen molar-refractivity contribution in [2.24, 2.45) is 0 Å². The standard InChI is InChI=1S/C74H68BN3OSSi/c1-72(2,3)51-35-40-56(41-36-51)77-65-48-58(76(54-25-15-10-16-26-54)55-27-17-11-18-28-55)44-45-64(65)75-69-66(77)49-62(81(60-31-21-13-22-32-60,61-33-23-14-24-34-61)79-59-29-19-12-20-30-59)50-67(69)78(57-42-37-52(38-43-57)73(4,5)6)70-63-47-53(74(7,8)9)39-46-68(63)80-71(70)75/h10-50H,1-9H3. The first-order chi connectivity index (χ1) is 39.1. The van der Waals surface area contributed by atoms with Gasteiger partial charge in [0.15, 0.2) is 0 Å². The zero-order valence-corrected chi connectivity index (χ0v) is 49.7. The molecule has 0 fully saturated rings. The molecule has 0 saturated carbocycles. The Labute approximate surface area is 484 Å². The van der Waals surface area contributed by atoms with Gasteiger partial charge >= 0.3 is 8.32 Å². The van der Waals surface area contributed by atoms with Gasteiger partial charge in [-0.15, -0.1) is 11.3 Å². The first-order valence-electron chi connectivity index (χ1n) is 28.5. The van der Waals surface area contributed by atoms with Gasteiger partial charge in [-0.05, 0) is 156 Å². The van der Waals surface area contributed by atoms with Crippen molar-refractivity contribution < 1.29 is 4.43 Å².